The second-order valence-electron chi connectivity index (χ2n) is 4.77. The quantitative estimate of drug-likeness (QED) is 0.711. The van der Waals surface area contributed by atoms with E-state index < -0.39 is 15.3 Å². The first-order valence-electron chi connectivity index (χ1n) is 7.05. The Hall–Kier alpha value is -1.38. The second kappa shape index (κ2) is 8.72. The van der Waals surface area contributed by atoms with Crippen LogP contribution in [0.5, 0.6) is 0 Å². The van der Waals surface area contributed by atoms with Gasteiger partial charge in [-0.15, -0.1) is 0 Å². The third-order valence-corrected chi connectivity index (χ3v) is 4.72. The number of nitriles is 1. The molecule has 1 aromatic carbocycles. The summed E-state index contributed by atoms with van der Waals surface area (Å²) in [5.74, 6) is 0. The predicted molar refractivity (Wildman–Crippen MR) is 80.5 cm³/mol. The second-order valence-corrected chi connectivity index (χ2v) is 6.62. The van der Waals surface area contributed by atoms with Crippen molar-refractivity contribution in [2.24, 2.45) is 0 Å². The first-order chi connectivity index (χ1) is 9.61. The Balaban J connectivity index is 2.53. The monoisotopic (exact) mass is 294 g/mol. The van der Waals surface area contributed by atoms with Gasteiger partial charge in [0, 0.05) is 6.54 Å². The Bertz CT molecular complexity index is 521. The Morgan fingerprint density at radius 1 is 1.15 bits per heavy atom. The lowest BCUT2D eigenvalue weighted by atomic mass is 10.2. The van der Waals surface area contributed by atoms with E-state index in [1.807, 2.05) is 6.07 Å². The third kappa shape index (κ3) is 5.32. The summed E-state index contributed by atoms with van der Waals surface area (Å²) in [6, 6.07) is 10.5. The van der Waals surface area contributed by atoms with Crippen molar-refractivity contribution in [3.8, 4) is 6.07 Å². The minimum atomic E-state index is -3.63. The fourth-order valence-electron chi connectivity index (χ4n) is 1.98. The highest BCUT2D eigenvalue weighted by atomic mass is 32.2. The van der Waals surface area contributed by atoms with Crippen molar-refractivity contribution in [1.29, 1.82) is 5.26 Å². The maximum absolute atomic E-state index is 12.1. The molecule has 0 aliphatic heterocycles. The lowest BCUT2D eigenvalue weighted by molar-refractivity contribution is 0.566. The Morgan fingerprint density at radius 3 is 2.40 bits per heavy atom. The highest BCUT2D eigenvalue weighted by Gasteiger charge is 2.26. The highest BCUT2D eigenvalue weighted by Crippen LogP contribution is 2.20. The number of sulfonamides is 1. The third-order valence-electron chi connectivity index (χ3n) is 3.11. The number of unbranched alkanes of at least 4 members (excludes halogenated alkanes) is 4. The lowest BCUT2D eigenvalue weighted by Crippen LogP contribution is -2.29. The molecule has 1 N–H and O–H groups in total. The van der Waals surface area contributed by atoms with Crippen LogP contribution in [0.4, 0.5) is 0 Å². The van der Waals surface area contributed by atoms with Crippen molar-refractivity contribution >= 4 is 10.0 Å². The van der Waals surface area contributed by atoms with E-state index >= 15 is 0 Å². The molecular weight excluding hydrogens is 272 g/mol. The minimum Gasteiger partial charge on any atom is -0.214 e. The van der Waals surface area contributed by atoms with Gasteiger partial charge in [0.05, 0.1) is 6.07 Å². The zero-order chi connectivity index (χ0) is 14.8. The first kappa shape index (κ1) is 16.7. The summed E-state index contributed by atoms with van der Waals surface area (Å²) in [6.45, 7) is 2.54. The molecule has 0 aliphatic rings. The SMILES string of the molecule is CCCCCCCNS(=O)(=O)C(C#N)c1ccccc1. The standard InChI is InChI=1S/C15H22N2O2S/c1-2-3-4-5-9-12-17-20(18,19)15(13-16)14-10-7-6-8-11-14/h6-8,10-11,15,17H,2-5,9,12H2,1H3. The Kier molecular flexibility index (Phi) is 7.27. The van der Waals surface area contributed by atoms with Gasteiger partial charge in [-0.05, 0) is 12.0 Å². The first-order valence-corrected chi connectivity index (χ1v) is 8.59. The number of nitrogens with zero attached hydrogens (tertiary/aromatic N) is 1. The van der Waals surface area contributed by atoms with Crippen LogP contribution in [-0.4, -0.2) is 15.0 Å². The van der Waals surface area contributed by atoms with Crippen molar-refractivity contribution in [1.82, 2.24) is 4.72 Å². The van der Waals surface area contributed by atoms with Crippen LogP contribution < -0.4 is 4.72 Å². The van der Waals surface area contributed by atoms with Crippen LogP contribution in [-0.2, 0) is 10.0 Å². The molecule has 0 amide bonds. The van der Waals surface area contributed by atoms with E-state index in [2.05, 4.69) is 11.6 Å². The smallest absolute Gasteiger partial charge is 0.214 e. The summed E-state index contributed by atoms with van der Waals surface area (Å²) in [4.78, 5) is 0. The summed E-state index contributed by atoms with van der Waals surface area (Å²) in [5.41, 5.74) is 0.508. The lowest BCUT2D eigenvalue weighted by Gasteiger charge is -2.12. The topological polar surface area (TPSA) is 70.0 Å². The average Bonchev–Trinajstić information content (AvgIpc) is 2.44. The van der Waals surface area contributed by atoms with Gasteiger partial charge in [0.25, 0.3) is 0 Å². The van der Waals surface area contributed by atoms with E-state index in [0.29, 0.717) is 12.1 Å². The number of nitrogens with one attached hydrogen (secondary N) is 1. The fourth-order valence-corrected chi connectivity index (χ4v) is 3.23. The summed E-state index contributed by atoms with van der Waals surface area (Å²) in [5, 5.41) is 7.98. The van der Waals surface area contributed by atoms with E-state index in [0.717, 1.165) is 25.7 Å². The number of rotatable bonds is 9. The maximum Gasteiger partial charge on any atom is 0.232 e. The highest BCUT2D eigenvalue weighted by molar-refractivity contribution is 7.90. The molecule has 0 aromatic heterocycles. The van der Waals surface area contributed by atoms with Gasteiger partial charge in [0.1, 0.15) is 0 Å². The number of benzene rings is 1. The number of hydrogen-bond acceptors (Lipinski definition) is 3. The Labute approximate surface area is 121 Å². The molecule has 4 nitrogen and oxygen atoms in total. The molecule has 1 rings (SSSR count). The summed E-state index contributed by atoms with van der Waals surface area (Å²) in [6.07, 6.45) is 5.29. The van der Waals surface area contributed by atoms with Crippen LogP contribution in [0.15, 0.2) is 30.3 Å². The van der Waals surface area contributed by atoms with Gasteiger partial charge in [0.2, 0.25) is 10.0 Å². The zero-order valence-corrected chi connectivity index (χ0v) is 12.7. The van der Waals surface area contributed by atoms with Crippen LogP contribution in [0.1, 0.15) is 49.8 Å². The minimum absolute atomic E-state index is 0.400. The molecule has 1 aromatic rings. The predicted octanol–water partition coefficient (Wildman–Crippen LogP) is 3.14. The van der Waals surface area contributed by atoms with Crippen LogP contribution in [0, 0.1) is 11.3 Å². The summed E-state index contributed by atoms with van der Waals surface area (Å²) < 4.78 is 26.8. The van der Waals surface area contributed by atoms with Crippen LogP contribution in [0.2, 0.25) is 0 Å². The Morgan fingerprint density at radius 2 is 1.80 bits per heavy atom. The molecule has 0 heterocycles. The molecule has 1 atom stereocenters. The summed E-state index contributed by atoms with van der Waals surface area (Å²) >= 11 is 0. The van der Waals surface area contributed by atoms with Gasteiger partial charge < -0.3 is 0 Å². The van der Waals surface area contributed by atoms with Crippen LogP contribution in [0.25, 0.3) is 0 Å². The maximum atomic E-state index is 12.1. The van der Waals surface area contributed by atoms with Crippen molar-refractivity contribution in [3.05, 3.63) is 35.9 Å². The number of hydrogen-bond donors (Lipinski definition) is 1. The van der Waals surface area contributed by atoms with Crippen molar-refractivity contribution in [3.63, 3.8) is 0 Å². The van der Waals surface area contributed by atoms with Gasteiger partial charge in [0.15, 0.2) is 5.25 Å². The van der Waals surface area contributed by atoms with Gasteiger partial charge in [-0.3, -0.25) is 0 Å². The molecular formula is C15H22N2O2S. The molecule has 110 valence electrons. The largest absolute Gasteiger partial charge is 0.232 e. The van der Waals surface area contributed by atoms with Crippen LogP contribution in [0.3, 0.4) is 0 Å². The molecule has 0 radical (unpaired) electrons. The van der Waals surface area contributed by atoms with Gasteiger partial charge in [-0.1, -0.05) is 62.9 Å². The summed E-state index contributed by atoms with van der Waals surface area (Å²) in [7, 11) is -3.63. The van der Waals surface area contributed by atoms with Gasteiger partial charge in [-0.2, -0.15) is 5.26 Å². The molecule has 0 bridgehead atoms. The molecule has 0 aliphatic carbocycles. The van der Waals surface area contributed by atoms with E-state index in [4.69, 9.17) is 5.26 Å². The molecule has 1 unspecified atom stereocenters. The molecule has 0 saturated heterocycles. The van der Waals surface area contributed by atoms with Crippen LogP contribution >= 0.6 is 0 Å². The molecule has 0 spiro atoms. The van der Waals surface area contributed by atoms with Crippen molar-refractivity contribution in [2.45, 2.75) is 44.3 Å². The normalized spacial score (nSPS) is 12.8. The van der Waals surface area contributed by atoms with E-state index in [1.54, 1.807) is 30.3 Å². The molecule has 0 saturated carbocycles. The van der Waals surface area contributed by atoms with E-state index in [9.17, 15) is 8.42 Å². The van der Waals surface area contributed by atoms with Gasteiger partial charge >= 0.3 is 0 Å². The van der Waals surface area contributed by atoms with E-state index in [1.165, 1.54) is 6.42 Å². The molecule has 5 heteroatoms. The molecule has 0 fully saturated rings. The van der Waals surface area contributed by atoms with Gasteiger partial charge in [-0.25, -0.2) is 13.1 Å². The van der Waals surface area contributed by atoms with Crippen molar-refractivity contribution < 1.29 is 8.42 Å². The molecule has 20 heavy (non-hydrogen) atoms. The van der Waals surface area contributed by atoms with E-state index in [-0.39, 0.29) is 0 Å². The van der Waals surface area contributed by atoms with Crippen molar-refractivity contribution in [2.75, 3.05) is 6.54 Å². The fraction of sp³-hybridized carbons (Fsp3) is 0.533. The average molecular weight is 294 g/mol. The zero-order valence-electron chi connectivity index (χ0n) is 11.9.